The van der Waals surface area contributed by atoms with Gasteiger partial charge in [0.1, 0.15) is 11.5 Å². The van der Waals surface area contributed by atoms with E-state index in [1.165, 1.54) is 6.26 Å². The van der Waals surface area contributed by atoms with Gasteiger partial charge >= 0.3 is 0 Å². The Hall–Kier alpha value is -4.52. The number of carbonyl (C=O) groups excluding carboxylic acids is 1. The molecule has 1 amide bonds. The number of anilines is 1. The predicted molar refractivity (Wildman–Crippen MR) is 126 cm³/mol. The molecule has 0 aliphatic heterocycles. The van der Waals surface area contributed by atoms with Crippen molar-refractivity contribution in [3.8, 4) is 23.0 Å². The molecule has 0 aliphatic rings. The molecule has 0 spiro atoms. The lowest BCUT2D eigenvalue weighted by molar-refractivity contribution is 0.0996. The first kappa shape index (κ1) is 20.4. The summed E-state index contributed by atoms with van der Waals surface area (Å²) in [5.74, 6) is 2.51. The zero-order valence-corrected chi connectivity index (χ0v) is 18.0. The molecule has 0 radical (unpaired) electrons. The maximum Gasteiger partial charge on any atom is 0.291 e. The van der Waals surface area contributed by atoms with E-state index in [4.69, 9.17) is 18.6 Å². The Kier molecular flexibility index (Phi) is 5.28. The lowest BCUT2D eigenvalue weighted by Crippen LogP contribution is -2.10. The van der Waals surface area contributed by atoms with Gasteiger partial charge in [0, 0.05) is 23.3 Å². The molecular weight excluding hydrogens is 420 g/mol. The van der Waals surface area contributed by atoms with Crippen LogP contribution in [0.25, 0.3) is 21.7 Å². The van der Waals surface area contributed by atoms with Crippen LogP contribution in [-0.2, 0) is 0 Å². The van der Waals surface area contributed by atoms with E-state index in [-0.39, 0.29) is 11.7 Å². The molecule has 2 aromatic heterocycles. The predicted octanol–water partition coefficient (Wildman–Crippen LogP) is 6.04. The van der Waals surface area contributed by atoms with Gasteiger partial charge in [-0.15, -0.1) is 0 Å². The summed E-state index contributed by atoms with van der Waals surface area (Å²) < 4.78 is 22.1. The second kappa shape index (κ2) is 8.55. The molecule has 1 N–H and O–H groups in total. The van der Waals surface area contributed by atoms with E-state index in [0.29, 0.717) is 28.7 Å². The molecular formula is C26H20N2O5. The fourth-order valence-corrected chi connectivity index (χ4v) is 3.63. The van der Waals surface area contributed by atoms with Gasteiger partial charge in [-0.3, -0.25) is 9.78 Å². The van der Waals surface area contributed by atoms with E-state index in [1.54, 1.807) is 32.5 Å². The van der Waals surface area contributed by atoms with Crippen LogP contribution >= 0.6 is 0 Å². The van der Waals surface area contributed by atoms with Gasteiger partial charge in [-0.1, -0.05) is 12.1 Å². The Morgan fingerprint density at radius 3 is 2.45 bits per heavy atom. The molecule has 2 heterocycles. The van der Waals surface area contributed by atoms with E-state index in [9.17, 15) is 4.79 Å². The van der Waals surface area contributed by atoms with Crippen LogP contribution in [0.2, 0.25) is 0 Å². The molecule has 0 aliphatic carbocycles. The van der Waals surface area contributed by atoms with Crippen molar-refractivity contribution >= 4 is 33.3 Å². The summed E-state index contributed by atoms with van der Waals surface area (Å²) >= 11 is 0. The van der Waals surface area contributed by atoms with E-state index in [0.717, 1.165) is 21.7 Å². The first-order valence-corrected chi connectivity index (χ1v) is 10.2. The molecule has 7 nitrogen and oxygen atoms in total. The first-order chi connectivity index (χ1) is 16.1. The third-order valence-corrected chi connectivity index (χ3v) is 5.25. The van der Waals surface area contributed by atoms with Crippen molar-refractivity contribution in [2.75, 3.05) is 19.5 Å². The van der Waals surface area contributed by atoms with Crippen molar-refractivity contribution in [1.29, 1.82) is 0 Å². The third kappa shape index (κ3) is 4.04. The Balaban J connectivity index is 1.42. The average molecular weight is 440 g/mol. The highest BCUT2D eigenvalue weighted by Gasteiger charge is 2.12. The van der Waals surface area contributed by atoms with Crippen LogP contribution in [0.4, 0.5) is 5.69 Å². The van der Waals surface area contributed by atoms with Gasteiger partial charge in [0.2, 0.25) is 0 Å². The van der Waals surface area contributed by atoms with Gasteiger partial charge in [0.15, 0.2) is 17.3 Å². The molecule has 7 heteroatoms. The van der Waals surface area contributed by atoms with Crippen LogP contribution < -0.4 is 19.5 Å². The molecule has 164 valence electrons. The lowest BCUT2D eigenvalue weighted by Gasteiger charge is -2.13. The zero-order chi connectivity index (χ0) is 22.8. The largest absolute Gasteiger partial charge is 0.493 e. The first-order valence-electron chi connectivity index (χ1n) is 10.2. The summed E-state index contributed by atoms with van der Waals surface area (Å²) in [6, 6.07) is 20.2. The second-order valence-electron chi connectivity index (χ2n) is 7.29. The topological polar surface area (TPSA) is 82.8 Å². The fraction of sp³-hybridized carbons (Fsp3) is 0.0769. The summed E-state index contributed by atoms with van der Waals surface area (Å²) in [7, 11) is 3.18. The molecule has 0 saturated heterocycles. The minimum absolute atomic E-state index is 0.262. The molecule has 0 unspecified atom stereocenters. The summed E-state index contributed by atoms with van der Waals surface area (Å²) in [6.45, 7) is 0. The van der Waals surface area contributed by atoms with Crippen molar-refractivity contribution < 1.29 is 23.4 Å². The summed E-state index contributed by atoms with van der Waals surface area (Å²) in [5, 5.41) is 5.59. The number of fused-ring (bicyclic) bond motifs is 2. The number of ether oxygens (including phenoxy) is 3. The van der Waals surface area contributed by atoms with Crippen LogP contribution in [-0.4, -0.2) is 25.1 Å². The number of methoxy groups -OCH3 is 2. The second-order valence-corrected chi connectivity index (χ2v) is 7.29. The highest BCUT2D eigenvalue weighted by Crippen LogP contribution is 2.37. The molecule has 5 rings (SSSR count). The smallest absolute Gasteiger partial charge is 0.291 e. The number of benzene rings is 3. The normalized spacial score (nSPS) is 10.8. The molecule has 33 heavy (non-hydrogen) atoms. The van der Waals surface area contributed by atoms with Crippen molar-refractivity contribution in [3.63, 3.8) is 0 Å². The maximum atomic E-state index is 12.2. The highest BCUT2D eigenvalue weighted by atomic mass is 16.5. The van der Waals surface area contributed by atoms with Gasteiger partial charge < -0.3 is 23.9 Å². The number of furan rings is 1. The number of hydrogen-bond donors (Lipinski definition) is 1. The van der Waals surface area contributed by atoms with Crippen LogP contribution in [0.1, 0.15) is 10.6 Å². The van der Waals surface area contributed by atoms with Crippen LogP contribution in [0.15, 0.2) is 83.6 Å². The molecule has 0 atom stereocenters. The van der Waals surface area contributed by atoms with E-state index >= 15 is 0 Å². The van der Waals surface area contributed by atoms with Crippen molar-refractivity contribution in [2.24, 2.45) is 0 Å². The van der Waals surface area contributed by atoms with Crippen LogP contribution in [0, 0.1) is 0 Å². The number of pyridine rings is 1. The summed E-state index contributed by atoms with van der Waals surface area (Å²) in [4.78, 5) is 16.6. The van der Waals surface area contributed by atoms with Gasteiger partial charge in [-0.25, -0.2) is 0 Å². The molecule has 3 aromatic carbocycles. The van der Waals surface area contributed by atoms with E-state index in [1.807, 2.05) is 54.6 Å². The average Bonchev–Trinajstić information content (AvgIpc) is 3.39. The summed E-state index contributed by atoms with van der Waals surface area (Å²) in [5.41, 5.74) is 1.42. The molecule has 0 fully saturated rings. The van der Waals surface area contributed by atoms with Gasteiger partial charge in [-0.05, 0) is 59.3 Å². The van der Waals surface area contributed by atoms with Gasteiger partial charge in [0.25, 0.3) is 5.91 Å². The molecule has 0 bridgehead atoms. The van der Waals surface area contributed by atoms with Gasteiger partial charge in [-0.2, -0.15) is 0 Å². The number of carbonyl (C=O) groups is 1. The number of nitrogens with one attached hydrogen (secondary N) is 1. The number of aromatic nitrogens is 1. The van der Waals surface area contributed by atoms with Crippen LogP contribution in [0.5, 0.6) is 23.0 Å². The Labute approximate surface area is 189 Å². The highest BCUT2D eigenvalue weighted by molar-refractivity contribution is 6.03. The third-order valence-electron chi connectivity index (χ3n) is 5.25. The number of amides is 1. The van der Waals surface area contributed by atoms with E-state index < -0.39 is 0 Å². The Morgan fingerprint density at radius 1 is 0.879 bits per heavy atom. The van der Waals surface area contributed by atoms with Crippen LogP contribution in [0.3, 0.4) is 0 Å². The maximum absolute atomic E-state index is 12.2. The standard InChI is InChI=1S/C26H20N2O5/c1-30-24-14-20-21(15-25(24)31-2)27-10-9-22(20)33-19-8-6-16-12-18(7-5-17(16)13-19)28-26(29)23-4-3-11-32-23/h3-15H,1-2H3,(H,28,29). The fourth-order valence-electron chi connectivity index (χ4n) is 3.63. The van der Waals surface area contributed by atoms with Gasteiger partial charge in [0.05, 0.1) is 26.0 Å². The quantitative estimate of drug-likeness (QED) is 0.346. The van der Waals surface area contributed by atoms with Crippen molar-refractivity contribution in [2.45, 2.75) is 0 Å². The zero-order valence-electron chi connectivity index (χ0n) is 18.0. The Morgan fingerprint density at radius 2 is 1.67 bits per heavy atom. The van der Waals surface area contributed by atoms with Crippen molar-refractivity contribution in [1.82, 2.24) is 4.98 Å². The minimum atomic E-state index is -0.295. The number of hydrogen-bond acceptors (Lipinski definition) is 6. The minimum Gasteiger partial charge on any atom is -0.493 e. The lowest BCUT2D eigenvalue weighted by atomic mass is 10.1. The monoisotopic (exact) mass is 440 g/mol. The number of nitrogens with zero attached hydrogens (tertiary/aromatic N) is 1. The van der Waals surface area contributed by atoms with E-state index in [2.05, 4.69) is 10.3 Å². The SMILES string of the molecule is COc1cc2nccc(Oc3ccc4cc(NC(=O)c5ccco5)ccc4c3)c2cc1OC. The molecule has 5 aromatic rings. The summed E-state index contributed by atoms with van der Waals surface area (Å²) in [6.07, 6.45) is 3.16. The van der Waals surface area contributed by atoms with Crippen molar-refractivity contribution in [3.05, 3.63) is 85.0 Å². The number of rotatable bonds is 6. The molecule has 0 saturated carbocycles. The Bertz CT molecular complexity index is 1460.